The van der Waals surface area contributed by atoms with Crippen molar-refractivity contribution in [2.24, 2.45) is 0 Å². The Morgan fingerprint density at radius 3 is 2.36 bits per heavy atom. The molecule has 7 heteroatoms. The molecule has 0 unspecified atom stereocenters. The molecule has 1 heterocycles. The van der Waals surface area contributed by atoms with Crippen molar-refractivity contribution in [3.63, 3.8) is 0 Å². The number of methoxy groups -OCH3 is 1. The third-order valence-electron chi connectivity index (χ3n) is 4.83. The molecule has 2 aromatic rings. The van der Waals surface area contributed by atoms with Crippen molar-refractivity contribution in [1.82, 2.24) is 15.1 Å². The van der Waals surface area contributed by atoms with Gasteiger partial charge in [-0.15, -0.1) is 0 Å². The van der Waals surface area contributed by atoms with Crippen molar-refractivity contribution in [3.8, 4) is 5.75 Å². The topological polar surface area (TPSA) is 61.9 Å². The summed E-state index contributed by atoms with van der Waals surface area (Å²) in [5.74, 6) is 0.738. The molecule has 0 bridgehead atoms. The van der Waals surface area contributed by atoms with Crippen LogP contribution in [0.5, 0.6) is 5.75 Å². The molecule has 148 valence electrons. The molecular weight excluding hydrogens is 469 g/mol. The van der Waals surface area contributed by atoms with Gasteiger partial charge >= 0.3 is 0 Å². The third-order valence-corrected chi connectivity index (χ3v) is 5.77. The molecule has 1 N–H and O–H groups in total. The van der Waals surface area contributed by atoms with Gasteiger partial charge in [-0.1, -0.05) is 12.1 Å². The molecule has 0 atom stereocenters. The van der Waals surface area contributed by atoms with Crippen LogP contribution in [-0.4, -0.2) is 68.0 Å². The monoisotopic (exact) mass is 493 g/mol. The van der Waals surface area contributed by atoms with E-state index in [1.54, 1.807) is 31.4 Å². The molecule has 6 nitrogen and oxygen atoms in total. The Kier molecular flexibility index (Phi) is 7.27. The maximum absolute atomic E-state index is 12.7. The van der Waals surface area contributed by atoms with E-state index in [4.69, 9.17) is 4.74 Å². The SMILES string of the molecule is COc1ccc(C(=O)NCCN2CCN(C(=O)c3ccccc3I)CC2)cc1. The van der Waals surface area contributed by atoms with Crippen LogP contribution < -0.4 is 10.1 Å². The van der Waals surface area contributed by atoms with Crippen molar-refractivity contribution in [1.29, 1.82) is 0 Å². The fraction of sp³-hybridized carbons (Fsp3) is 0.333. The lowest BCUT2D eigenvalue weighted by atomic mass is 10.2. The normalized spacial score (nSPS) is 14.6. The van der Waals surface area contributed by atoms with Crippen molar-refractivity contribution in [2.75, 3.05) is 46.4 Å². The fourth-order valence-electron chi connectivity index (χ4n) is 3.15. The van der Waals surface area contributed by atoms with Gasteiger partial charge in [-0.25, -0.2) is 0 Å². The minimum Gasteiger partial charge on any atom is -0.497 e. The molecule has 0 radical (unpaired) electrons. The van der Waals surface area contributed by atoms with E-state index >= 15 is 0 Å². The number of carbonyl (C=O) groups is 2. The summed E-state index contributed by atoms with van der Waals surface area (Å²) in [5, 5.41) is 2.95. The maximum Gasteiger partial charge on any atom is 0.255 e. The Hall–Kier alpha value is -2.13. The van der Waals surface area contributed by atoms with Gasteiger partial charge in [0.25, 0.3) is 11.8 Å². The Morgan fingerprint density at radius 2 is 1.71 bits per heavy atom. The first-order chi connectivity index (χ1) is 13.6. The molecule has 1 aliphatic heterocycles. The highest BCUT2D eigenvalue weighted by atomic mass is 127. The number of nitrogens with one attached hydrogen (secondary N) is 1. The minimum absolute atomic E-state index is 0.0879. The number of hydrogen-bond donors (Lipinski definition) is 1. The molecule has 1 aliphatic rings. The zero-order valence-corrected chi connectivity index (χ0v) is 18.0. The van der Waals surface area contributed by atoms with Gasteiger partial charge in [0.1, 0.15) is 5.75 Å². The van der Waals surface area contributed by atoms with Crippen LogP contribution in [0.1, 0.15) is 20.7 Å². The average molecular weight is 493 g/mol. The highest BCUT2D eigenvalue weighted by Crippen LogP contribution is 2.15. The Morgan fingerprint density at radius 1 is 1.04 bits per heavy atom. The molecule has 0 aromatic heterocycles. The van der Waals surface area contributed by atoms with Gasteiger partial charge in [-0.2, -0.15) is 0 Å². The maximum atomic E-state index is 12.7. The molecule has 0 saturated carbocycles. The van der Waals surface area contributed by atoms with Crippen molar-refractivity contribution < 1.29 is 14.3 Å². The number of hydrogen-bond acceptors (Lipinski definition) is 4. The van der Waals surface area contributed by atoms with Crippen LogP contribution in [0.4, 0.5) is 0 Å². The van der Waals surface area contributed by atoms with E-state index in [2.05, 4.69) is 32.8 Å². The van der Waals surface area contributed by atoms with Gasteiger partial charge in [0.2, 0.25) is 0 Å². The Labute approximate surface area is 179 Å². The number of halogens is 1. The Bertz CT molecular complexity index is 818. The van der Waals surface area contributed by atoms with E-state index in [0.717, 1.165) is 34.5 Å². The second kappa shape index (κ2) is 9.88. The zero-order valence-electron chi connectivity index (χ0n) is 15.9. The van der Waals surface area contributed by atoms with Gasteiger partial charge in [0.15, 0.2) is 0 Å². The summed E-state index contributed by atoms with van der Waals surface area (Å²) in [5.41, 5.74) is 1.39. The molecule has 1 saturated heterocycles. The third kappa shape index (κ3) is 5.23. The number of ether oxygens (including phenoxy) is 1. The summed E-state index contributed by atoms with van der Waals surface area (Å²) in [6.45, 7) is 4.38. The van der Waals surface area contributed by atoms with Crippen LogP contribution in [-0.2, 0) is 0 Å². The largest absolute Gasteiger partial charge is 0.497 e. The van der Waals surface area contributed by atoms with Gasteiger partial charge in [-0.05, 0) is 59.0 Å². The van der Waals surface area contributed by atoms with E-state index in [1.165, 1.54) is 0 Å². The van der Waals surface area contributed by atoms with Crippen LogP contribution in [0.3, 0.4) is 0 Å². The smallest absolute Gasteiger partial charge is 0.255 e. The molecule has 0 aliphatic carbocycles. The van der Waals surface area contributed by atoms with Crippen LogP contribution in [0, 0.1) is 3.57 Å². The van der Waals surface area contributed by atoms with Crippen molar-refractivity contribution in [2.45, 2.75) is 0 Å². The van der Waals surface area contributed by atoms with Crippen LogP contribution in [0.25, 0.3) is 0 Å². The van der Waals surface area contributed by atoms with E-state index < -0.39 is 0 Å². The van der Waals surface area contributed by atoms with Crippen molar-refractivity contribution >= 4 is 34.4 Å². The second-order valence-corrected chi connectivity index (χ2v) is 7.76. The molecular formula is C21H24IN3O3. The van der Waals surface area contributed by atoms with Crippen LogP contribution >= 0.6 is 22.6 Å². The van der Waals surface area contributed by atoms with Crippen molar-refractivity contribution in [3.05, 3.63) is 63.2 Å². The summed E-state index contributed by atoms with van der Waals surface area (Å²) in [6, 6.07) is 14.7. The van der Waals surface area contributed by atoms with Gasteiger partial charge in [-0.3, -0.25) is 14.5 Å². The van der Waals surface area contributed by atoms with Crippen LogP contribution in [0.15, 0.2) is 48.5 Å². The molecule has 2 amide bonds. The first-order valence-electron chi connectivity index (χ1n) is 9.27. The lowest BCUT2D eigenvalue weighted by Gasteiger charge is -2.35. The van der Waals surface area contributed by atoms with Gasteiger partial charge in [0.05, 0.1) is 12.7 Å². The number of benzene rings is 2. The summed E-state index contributed by atoms with van der Waals surface area (Å²) < 4.78 is 6.08. The first-order valence-corrected chi connectivity index (χ1v) is 10.3. The highest BCUT2D eigenvalue weighted by Gasteiger charge is 2.23. The van der Waals surface area contributed by atoms with E-state index in [0.29, 0.717) is 25.2 Å². The number of piperazine rings is 1. The van der Waals surface area contributed by atoms with Gasteiger partial charge < -0.3 is 15.0 Å². The number of rotatable bonds is 6. The lowest BCUT2D eigenvalue weighted by Crippen LogP contribution is -2.50. The summed E-state index contributed by atoms with van der Waals surface area (Å²) in [4.78, 5) is 29.0. The first kappa shape index (κ1) is 20.6. The average Bonchev–Trinajstić information content (AvgIpc) is 2.74. The minimum atomic E-state index is -0.0879. The molecule has 0 spiro atoms. The van der Waals surface area contributed by atoms with E-state index in [1.807, 2.05) is 29.2 Å². The highest BCUT2D eigenvalue weighted by molar-refractivity contribution is 14.1. The summed E-state index contributed by atoms with van der Waals surface area (Å²) in [7, 11) is 1.60. The summed E-state index contributed by atoms with van der Waals surface area (Å²) >= 11 is 2.20. The number of nitrogens with zero attached hydrogens (tertiary/aromatic N) is 2. The standard InChI is InChI=1S/C21H24IN3O3/c1-28-17-8-6-16(7-9-17)20(26)23-10-11-24-12-14-25(15-13-24)21(27)18-4-2-3-5-19(18)22/h2-9H,10-15H2,1H3,(H,23,26). The number of amides is 2. The van der Waals surface area contributed by atoms with E-state index in [9.17, 15) is 9.59 Å². The predicted octanol–water partition coefficient (Wildman–Crippen LogP) is 2.49. The molecule has 1 fully saturated rings. The predicted molar refractivity (Wildman–Crippen MR) is 117 cm³/mol. The molecule has 2 aromatic carbocycles. The number of carbonyl (C=O) groups excluding carboxylic acids is 2. The molecule has 28 heavy (non-hydrogen) atoms. The van der Waals surface area contributed by atoms with Crippen LogP contribution in [0.2, 0.25) is 0 Å². The van der Waals surface area contributed by atoms with Gasteiger partial charge in [0, 0.05) is 48.4 Å². The fourth-order valence-corrected chi connectivity index (χ4v) is 3.77. The quantitative estimate of drug-likeness (QED) is 0.629. The van der Waals surface area contributed by atoms with E-state index in [-0.39, 0.29) is 11.8 Å². The zero-order chi connectivity index (χ0) is 19.9. The summed E-state index contributed by atoms with van der Waals surface area (Å²) in [6.07, 6.45) is 0. The molecule has 3 rings (SSSR count). The lowest BCUT2D eigenvalue weighted by molar-refractivity contribution is 0.0637. The second-order valence-electron chi connectivity index (χ2n) is 6.60. The Balaban J connectivity index is 1.41.